The maximum atomic E-state index is 12.7. The van der Waals surface area contributed by atoms with Gasteiger partial charge in [0, 0.05) is 27.5 Å². The van der Waals surface area contributed by atoms with Gasteiger partial charge in [0.2, 0.25) is 0 Å². The molecule has 1 aliphatic heterocycles. The van der Waals surface area contributed by atoms with E-state index in [9.17, 15) is 14.4 Å². The van der Waals surface area contributed by atoms with Crippen LogP contribution in [0.15, 0.2) is 24.3 Å². The van der Waals surface area contributed by atoms with Crippen LogP contribution < -0.4 is 0 Å². The van der Waals surface area contributed by atoms with Gasteiger partial charge in [-0.15, -0.1) is 0 Å². The van der Waals surface area contributed by atoms with Crippen LogP contribution in [-0.2, 0) is 14.3 Å². The van der Waals surface area contributed by atoms with Crippen LogP contribution in [0.3, 0.4) is 0 Å². The molecule has 0 aromatic heterocycles. The summed E-state index contributed by atoms with van der Waals surface area (Å²) in [5.41, 5.74) is -0.772. The summed E-state index contributed by atoms with van der Waals surface area (Å²) in [4.78, 5) is 38.3. The van der Waals surface area contributed by atoms with Gasteiger partial charge in [-0.2, -0.15) is 0 Å². The van der Waals surface area contributed by atoms with Crippen molar-refractivity contribution >= 4 is 40.3 Å². The Morgan fingerprint density at radius 3 is 2.08 bits per heavy atom. The first-order chi connectivity index (χ1) is 11.0. The van der Waals surface area contributed by atoms with Crippen LogP contribution >= 0.6 is 22.6 Å². The minimum atomic E-state index is -0.592. The van der Waals surface area contributed by atoms with E-state index < -0.39 is 17.0 Å². The van der Waals surface area contributed by atoms with Crippen molar-refractivity contribution in [2.24, 2.45) is 0 Å². The molecule has 0 bridgehead atoms. The lowest BCUT2D eigenvalue weighted by Crippen LogP contribution is -2.63. The molecule has 1 fully saturated rings. The number of ketones is 1. The van der Waals surface area contributed by atoms with E-state index in [0.29, 0.717) is 18.4 Å². The first kappa shape index (κ1) is 18.9. The molecule has 0 unspecified atom stereocenters. The van der Waals surface area contributed by atoms with Crippen LogP contribution in [0.4, 0.5) is 0 Å². The summed E-state index contributed by atoms with van der Waals surface area (Å²) in [5.74, 6) is -0.662. The van der Waals surface area contributed by atoms with Crippen LogP contribution in [0, 0.1) is 3.57 Å². The Labute approximate surface area is 155 Å². The number of benzene rings is 1. The summed E-state index contributed by atoms with van der Waals surface area (Å²) < 4.78 is 6.19. The van der Waals surface area contributed by atoms with Gasteiger partial charge in [-0.25, -0.2) is 4.79 Å². The summed E-state index contributed by atoms with van der Waals surface area (Å²) in [7, 11) is 0. The first-order valence-corrected chi connectivity index (χ1v) is 8.88. The minimum Gasteiger partial charge on any atom is -0.452 e. The van der Waals surface area contributed by atoms with Crippen molar-refractivity contribution < 1.29 is 19.1 Å². The highest BCUT2D eigenvalue weighted by Crippen LogP contribution is 2.36. The highest BCUT2D eigenvalue weighted by atomic mass is 127. The summed E-state index contributed by atoms with van der Waals surface area (Å²) in [6.45, 7) is 7.14. The number of rotatable bonds is 3. The number of likely N-dealkylation sites (tertiary alicyclic amines) is 1. The molecule has 2 rings (SSSR count). The molecular formula is C18H22INO4. The molecule has 1 aromatic rings. The van der Waals surface area contributed by atoms with Crippen molar-refractivity contribution in [2.75, 3.05) is 6.61 Å². The quantitative estimate of drug-likeness (QED) is 0.532. The van der Waals surface area contributed by atoms with Gasteiger partial charge < -0.3 is 9.64 Å². The van der Waals surface area contributed by atoms with Crippen molar-refractivity contribution in [2.45, 2.75) is 51.6 Å². The average Bonchev–Trinajstić information content (AvgIpc) is 2.42. The number of carbonyl (C=O) groups is 3. The number of piperidine rings is 1. The highest BCUT2D eigenvalue weighted by Gasteiger charge is 2.47. The molecule has 1 amide bonds. The second-order valence-corrected chi connectivity index (χ2v) is 8.57. The molecule has 0 aliphatic carbocycles. The fourth-order valence-corrected chi connectivity index (χ4v) is 3.90. The van der Waals surface area contributed by atoms with E-state index in [4.69, 9.17) is 4.74 Å². The van der Waals surface area contributed by atoms with Gasteiger partial charge in [-0.3, -0.25) is 9.59 Å². The number of hydrogen-bond acceptors (Lipinski definition) is 4. The third kappa shape index (κ3) is 4.15. The van der Waals surface area contributed by atoms with Gasteiger partial charge in [0.05, 0.1) is 5.56 Å². The predicted molar refractivity (Wildman–Crippen MR) is 98.7 cm³/mol. The third-order valence-corrected chi connectivity index (χ3v) is 4.85. The Kier molecular flexibility index (Phi) is 5.37. The van der Waals surface area contributed by atoms with Crippen LogP contribution in [0.1, 0.15) is 50.9 Å². The topological polar surface area (TPSA) is 63.7 Å². The predicted octanol–water partition coefficient (Wildman–Crippen LogP) is 3.20. The molecule has 1 aliphatic rings. The lowest BCUT2D eigenvalue weighted by Gasteiger charge is -2.51. The van der Waals surface area contributed by atoms with Crippen molar-refractivity contribution in [3.05, 3.63) is 33.4 Å². The molecule has 1 heterocycles. The molecule has 0 saturated carbocycles. The Morgan fingerprint density at radius 1 is 1.08 bits per heavy atom. The fraction of sp³-hybridized carbons (Fsp3) is 0.500. The number of Topliss-reactive ketones (excluding diaryl/α,β-unsaturated/α-hetero) is 1. The number of halogens is 1. The Hall–Kier alpha value is -1.44. The number of ether oxygens (including phenoxy) is 1. The molecule has 0 spiro atoms. The molecule has 0 N–H and O–H groups in total. The lowest BCUT2D eigenvalue weighted by atomic mass is 9.79. The lowest BCUT2D eigenvalue weighted by molar-refractivity contribution is -0.156. The summed E-state index contributed by atoms with van der Waals surface area (Å²) in [5, 5.41) is 0. The van der Waals surface area contributed by atoms with E-state index in [1.807, 2.05) is 27.7 Å². The molecule has 0 atom stereocenters. The number of hydrogen-bond donors (Lipinski definition) is 0. The van der Waals surface area contributed by atoms with E-state index in [2.05, 4.69) is 22.6 Å². The number of esters is 1. The second kappa shape index (κ2) is 6.82. The van der Waals surface area contributed by atoms with Gasteiger partial charge >= 0.3 is 5.97 Å². The van der Waals surface area contributed by atoms with E-state index in [-0.39, 0.29) is 18.3 Å². The molecule has 130 valence electrons. The monoisotopic (exact) mass is 443 g/mol. The zero-order valence-electron chi connectivity index (χ0n) is 14.4. The second-order valence-electron chi connectivity index (χ2n) is 7.33. The molecule has 5 nitrogen and oxygen atoms in total. The summed E-state index contributed by atoms with van der Waals surface area (Å²) in [6, 6.07) is 6.95. The molecule has 0 radical (unpaired) electrons. The van der Waals surface area contributed by atoms with E-state index in [1.165, 1.54) is 0 Å². The minimum absolute atomic E-state index is 0.143. The Balaban J connectivity index is 2.07. The summed E-state index contributed by atoms with van der Waals surface area (Å²) >= 11 is 2.15. The van der Waals surface area contributed by atoms with Crippen molar-refractivity contribution in [3.63, 3.8) is 0 Å². The van der Waals surface area contributed by atoms with Crippen molar-refractivity contribution in [1.29, 1.82) is 0 Å². The van der Waals surface area contributed by atoms with Gasteiger partial charge in [0.25, 0.3) is 5.91 Å². The molecule has 1 saturated heterocycles. The third-order valence-electron chi connectivity index (χ3n) is 4.13. The highest BCUT2D eigenvalue weighted by molar-refractivity contribution is 14.1. The molecule has 6 heteroatoms. The van der Waals surface area contributed by atoms with Crippen LogP contribution in [0.25, 0.3) is 0 Å². The number of carbonyl (C=O) groups excluding carboxylic acids is 3. The zero-order chi connectivity index (χ0) is 18.1. The SMILES string of the molecule is CC1(C)CC(=O)CC(C)(C)N1C(=O)COC(=O)c1ccc(I)cc1. The van der Waals surface area contributed by atoms with Crippen molar-refractivity contribution in [3.8, 4) is 0 Å². The van der Waals surface area contributed by atoms with Crippen LogP contribution in [0.2, 0.25) is 0 Å². The van der Waals surface area contributed by atoms with Gasteiger partial charge in [0.15, 0.2) is 6.61 Å². The first-order valence-electron chi connectivity index (χ1n) is 7.80. The number of amides is 1. The Morgan fingerprint density at radius 2 is 1.58 bits per heavy atom. The average molecular weight is 443 g/mol. The van der Waals surface area contributed by atoms with Crippen LogP contribution in [0.5, 0.6) is 0 Å². The van der Waals surface area contributed by atoms with E-state index in [0.717, 1.165) is 3.57 Å². The standard InChI is InChI=1S/C18H22INO4/c1-17(2)9-14(21)10-18(3,4)20(17)15(22)11-24-16(23)12-5-7-13(19)8-6-12/h5-8H,9-11H2,1-4H3. The van der Waals surface area contributed by atoms with E-state index >= 15 is 0 Å². The van der Waals surface area contributed by atoms with Crippen molar-refractivity contribution in [1.82, 2.24) is 4.90 Å². The normalized spacial score (nSPS) is 19.0. The smallest absolute Gasteiger partial charge is 0.338 e. The van der Waals surface area contributed by atoms with Crippen LogP contribution in [-0.4, -0.2) is 40.2 Å². The fourth-order valence-electron chi connectivity index (χ4n) is 3.54. The largest absolute Gasteiger partial charge is 0.452 e. The number of nitrogens with zero attached hydrogens (tertiary/aromatic N) is 1. The maximum Gasteiger partial charge on any atom is 0.338 e. The summed E-state index contributed by atoms with van der Waals surface area (Å²) in [6.07, 6.45) is 0.625. The zero-order valence-corrected chi connectivity index (χ0v) is 16.5. The molecule has 1 aromatic carbocycles. The van der Waals surface area contributed by atoms with Gasteiger partial charge in [-0.1, -0.05) is 0 Å². The molecular weight excluding hydrogens is 421 g/mol. The Bertz CT molecular complexity index is 644. The molecule has 24 heavy (non-hydrogen) atoms. The van der Waals surface area contributed by atoms with Gasteiger partial charge in [-0.05, 0) is 74.6 Å². The maximum absolute atomic E-state index is 12.7. The van der Waals surface area contributed by atoms with Gasteiger partial charge in [0.1, 0.15) is 5.78 Å². The van der Waals surface area contributed by atoms with E-state index in [1.54, 1.807) is 29.2 Å².